The molecule has 9 heteroatoms. The van der Waals surface area contributed by atoms with Crippen LogP contribution in [0.3, 0.4) is 0 Å². The number of piperazine rings is 1. The van der Waals surface area contributed by atoms with E-state index in [9.17, 15) is 13.2 Å². The summed E-state index contributed by atoms with van der Waals surface area (Å²) in [6.45, 7) is 1.83. The summed E-state index contributed by atoms with van der Waals surface area (Å²) >= 11 is 0. The summed E-state index contributed by atoms with van der Waals surface area (Å²) in [6.07, 6.45) is 0.367. The van der Waals surface area contributed by atoms with Crippen LogP contribution in [0, 0.1) is 0 Å². The molecule has 0 aliphatic carbocycles. The summed E-state index contributed by atoms with van der Waals surface area (Å²) in [7, 11) is -2.18. The van der Waals surface area contributed by atoms with Crippen molar-refractivity contribution in [3.05, 3.63) is 60.2 Å². The number of ether oxygens (including phenoxy) is 1. The molecule has 2 aliphatic rings. The van der Waals surface area contributed by atoms with Gasteiger partial charge in [0.05, 0.1) is 13.2 Å². The number of nitrogens with zero attached hydrogens (tertiary/aromatic N) is 2. The smallest absolute Gasteiger partial charge is 0.246 e. The van der Waals surface area contributed by atoms with Gasteiger partial charge in [0.1, 0.15) is 10.6 Å². The van der Waals surface area contributed by atoms with Crippen molar-refractivity contribution < 1.29 is 17.9 Å². The minimum Gasteiger partial charge on any atom is -0.495 e. The molecule has 0 saturated carbocycles. The summed E-state index contributed by atoms with van der Waals surface area (Å²) in [5, 5.41) is 0. The fourth-order valence-corrected chi connectivity index (χ4v) is 5.74. The number of amides is 1. The standard InChI is InChI=1S/C21H26N4O4S/c1-29-18-9-5-6-10-19(18)30(27,28)25-13-11-24(12-14-25)17-15-20(26)22-23-21(17)16-7-3-2-4-8-16/h2-10,17,21,23H,11-15H2,1H3,(H,22,26). The van der Waals surface area contributed by atoms with Crippen molar-refractivity contribution >= 4 is 15.9 Å². The van der Waals surface area contributed by atoms with Gasteiger partial charge < -0.3 is 4.74 Å². The molecule has 8 nitrogen and oxygen atoms in total. The highest BCUT2D eigenvalue weighted by Gasteiger charge is 2.38. The maximum absolute atomic E-state index is 13.1. The molecule has 1 amide bonds. The Kier molecular flexibility index (Phi) is 6.05. The Balaban J connectivity index is 1.50. The van der Waals surface area contributed by atoms with E-state index in [1.54, 1.807) is 24.3 Å². The van der Waals surface area contributed by atoms with Crippen molar-refractivity contribution in [2.24, 2.45) is 0 Å². The molecule has 2 N–H and O–H groups in total. The van der Waals surface area contributed by atoms with Crippen LogP contribution < -0.4 is 15.6 Å². The van der Waals surface area contributed by atoms with Gasteiger partial charge >= 0.3 is 0 Å². The number of benzene rings is 2. The number of hydrazine groups is 1. The third-order valence-corrected chi connectivity index (χ3v) is 7.67. The van der Waals surface area contributed by atoms with Gasteiger partial charge in [0.15, 0.2) is 0 Å². The average molecular weight is 431 g/mol. The molecular formula is C21H26N4O4S. The Morgan fingerprint density at radius 3 is 2.33 bits per heavy atom. The molecule has 2 aromatic rings. The summed E-state index contributed by atoms with van der Waals surface area (Å²) in [6, 6.07) is 16.5. The van der Waals surface area contributed by atoms with E-state index >= 15 is 0 Å². The lowest BCUT2D eigenvalue weighted by molar-refractivity contribution is -0.127. The molecule has 4 rings (SSSR count). The molecule has 2 saturated heterocycles. The van der Waals surface area contributed by atoms with E-state index in [-0.39, 0.29) is 22.9 Å². The van der Waals surface area contributed by atoms with Gasteiger partial charge in [0.25, 0.3) is 0 Å². The molecule has 0 aromatic heterocycles. The van der Waals surface area contributed by atoms with Crippen molar-refractivity contribution in [3.8, 4) is 5.75 Å². The van der Waals surface area contributed by atoms with E-state index in [1.807, 2.05) is 30.3 Å². The lowest BCUT2D eigenvalue weighted by atomic mass is 9.94. The normalized spacial score (nSPS) is 23.7. The summed E-state index contributed by atoms with van der Waals surface area (Å²) < 4.78 is 33.0. The van der Waals surface area contributed by atoms with Crippen LogP contribution in [0.2, 0.25) is 0 Å². The zero-order chi connectivity index (χ0) is 21.1. The summed E-state index contributed by atoms with van der Waals surface area (Å²) in [4.78, 5) is 14.4. The average Bonchev–Trinajstić information content (AvgIpc) is 2.79. The molecule has 2 fully saturated rings. The van der Waals surface area contributed by atoms with Gasteiger partial charge in [0.2, 0.25) is 15.9 Å². The highest BCUT2D eigenvalue weighted by atomic mass is 32.2. The Bertz CT molecular complexity index is 991. The van der Waals surface area contributed by atoms with Crippen LogP contribution in [0.1, 0.15) is 18.0 Å². The first-order chi connectivity index (χ1) is 14.5. The predicted octanol–water partition coefficient (Wildman–Crippen LogP) is 1.14. The number of nitrogens with one attached hydrogen (secondary N) is 2. The van der Waals surface area contributed by atoms with Gasteiger partial charge in [-0.25, -0.2) is 13.8 Å². The van der Waals surface area contributed by atoms with Gasteiger partial charge in [-0.05, 0) is 17.7 Å². The molecule has 2 aliphatic heterocycles. The second-order valence-corrected chi connectivity index (χ2v) is 9.35. The van der Waals surface area contributed by atoms with Gasteiger partial charge in [-0.2, -0.15) is 4.31 Å². The third-order valence-electron chi connectivity index (χ3n) is 5.73. The molecule has 2 aromatic carbocycles. The maximum Gasteiger partial charge on any atom is 0.246 e. The topological polar surface area (TPSA) is 91.0 Å². The van der Waals surface area contributed by atoms with E-state index in [1.165, 1.54) is 11.4 Å². The number of para-hydroxylation sites is 1. The van der Waals surface area contributed by atoms with Gasteiger partial charge in [-0.15, -0.1) is 0 Å². The number of rotatable bonds is 5. The number of carbonyl (C=O) groups is 1. The SMILES string of the molecule is COc1ccccc1S(=O)(=O)N1CCN(C2CC(=O)NNC2c2ccccc2)CC1. The van der Waals surface area contributed by atoms with Crippen LogP contribution in [0.5, 0.6) is 5.75 Å². The van der Waals surface area contributed by atoms with Crippen LogP contribution in [0.4, 0.5) is 0 Å². The van der Waals surface area contributed by atoms with E-state index < -0.39 is 10.0 Å². The molecule has 160 valence electrons. The number of hydrogen-bond acceptors (Lipinski definition) is 6. The molecule has 2 atom stereocenters. The fourth-order valence-electron chi connectivity index (χ4n) is 4.17. The first kappa shape index (κ1) is 20.8. The van der Waals surface area contributed by atoms with Crippen molar-refractivity contribution in [2.45, 2.75) is 23.4 Å². The van der Waals surface area contributed by atoms with Crippen molar-refractivity contribution in [1.29, 1.82) is 0 Å². The van der Waals surface area contributed by atoms with Crippen LogP contribution in [0.15, 0.2) is 59.5 Å². The summed E-state index contributed by atoms with van der Waals surface area (Å²) in [5.74, 6) is 0.286. The van der Waals surface area contributed by atoms with Gasteiger partial charge in [-0.1, -0.05) is 42.5 Å². The second-order valence-electron chi connectivity index (χ2n) is 7.44. The zero-order valence-electron chi connectivity index (χ0n) is 16.8. The molecule has 2 unspecified atom stereocenters. The molecule has 30 heavy (non-hydrogen) atoms. The molecular weight excluding hydrogens is 404 g/mol. The Labute approximate surface area is 176 Å². The van der Waals surface area contributed by atoms with E-state index in [4.69, 9.17) is 4.74 Å². The summed E-state index contributed by atoms with van der Waals surface area (Å²) in [5.41, 5.74) is 6.95. The van der Waals surface area contributed by atoms with E-state index in [0.717, 1.165) is 5.56 Å². The zero-order valence-corrected chi connectivity index (χ0v) is 17.6. The number of sulfonamides is 1. The Morgan fingerprint density at radius 1 is 0.967 bits per heavy atom. The predicted molar refractivity (Wildman–Crippen MR) is 112 cm³/mol. The lowest BCUT2D eigenvalue weighted by Crippen LogP contribution is -2.60. The third kappa shape index (κ3) is 4.06. The Hall–Kier alpha value is -2.46. The molecule has 0 bridgehead atoms. The highest BCUT2D eigenvalue weighted by molar-refractivity contribution is 7.89. The minimum atomic E-state index is -3.65. The quantitative estimate of drug-likeness (QED) is 0.739. The first-order valence-electron chi connectivity index (χ1n) is 9.97. The van der Waals surface area contributed by atoms with Gasteiger partial charge in [0, 0.05) is 38.6 Å². The first-order valence-corrected chi connectivity index (χ1v) is 11.4. The lowest BCUT2D eigenvalue weighted by Gasteiger charge is -2.43. The van der Waals surface area contributed by atoms with Crippen molar-refractivity contribution in [1.82, 2.24) is 20.1 Å². The minimum absolute atomic E-state index is 0.0442. The van der Waals surface area contributed by atoms with Gasteiger partial charge in [-0.3, -0.25) is 15.1 Å². The largest absolute Gasteiger partial charge is 0.495 e. The van der Waals surface area contributed by atoms with E-state index in [0.29, 0.717) is 38.3 Å². The van der Waals surface area contributed by atoms with Crippen LogP contribution in [0.25, 0.3) is 0 Å². The molecule has 0 spiro atoms. The van der Waals surface area contributed by atoms with E-state index in [2.05, 4.69) is 15.8 Å². The number of carbonyl (C=O) groups excluding carboxylic acids is 1. The van der Waals surface area contributed by atoms with Crippen molar-refractivity contribution in [2.75, 3.05) is 33.3 Å². The van der Waals surface area contributed by atoms with Crippen molar-refractivity contribution in [3.63, 3.8) is 0 Å². The maximum atomic E-state index is 13.1. The number of methoxy groups -OCH3 is 1. The molecule has 2 heterocycles. The Morgan fingerprint density at radius 2 is 1.63 bits per heavy atom. The van der Waals surface area contributed by atoms with Crippen LogP contribution in [-0.4, -0.2) is 62.9 Å². The highest BCUT2D eigenvalue weighted by Crippen LogP contribution is 2.30. The molecule has 0 radical (unpaired) electrons. The fraction of sp³-hybridized carbons (Fsp3) is 0.381. The van der Waals surface area contributed by atoms with Crippen LogP contribution >= 0.6 is 0 Å². The monoisotopic (exact) mass is 430 g/mol. The van der Waals surface area contributed by atoms with Crippen LogP contribution in [-0.2, 0) is 14.8 Å². The number of hydrogen-bond donors (Lipinski definition) is 2. The second kappa shape index (κ2) is 8.73.